The standard InChI is InChI=1S/C14H12F3NO3/c1-20-13(19)12-9(6-7-21-12)8-18-11-5-3-2-4-10(11)14(15,16)17/h2-7,18H,8H2,1H3. The van der Waals surface area contributed by atoms with Gasteiger partial charge in [0.25, 0.3) is 0 Å². The van der Waals surface area contributed by atoms with Gasteiger partial charge >= 0.3 is 12.1 Å². The molecule has 0 spiro atoms. The lowest BCUT2D eigenvalue weighted by Crippen LogP contribution is -2.12. The summed E-state index contributed by atoms with van der Waals surface area (Å²) in [5.41, 5.74) is -0.422. The van der Waals surface area contributed by atoms with Gasteiger partial charge in [-0.2, -0.15) is 13.2 Å². The van der Waals surface area contributed by atoms with Crippen molar-refractivity contribution >= 4 is 11.7 Å². The van der Waals surface area contributed by atoms with E-state index >= 15 is 0 Å². The first-order valence-electron chi connectivity index (χ1n) is 5.98. The molecular weight excluding hydrogens is 287 g/mol. The smallest absolute Gasteiger partial charge is 0.418 e. The highest BCUT2D eigenvalue weighted by molar-refractivity contribution is 5.87. The predicted octanol–water partition coefficient (Wildman–Crippen LogP) is 3.70. The molecule has 21 heavy (non-hydrogen) atoms. The molecule has 4 nitrogen and oxygen atoms in total. The van der Waals surface area contributed by atoms with E-state index in [-0.39, 0.29) is 18.0 Å². The summed E-state index contributed by atoms with van der Waals surface area (Å²) in [7, 11) is 1.20. The molecule has 0 unspecified atom stereocenters. The fourth-order valence-electron chi connectivity index (χ4n) is 1.82. The van der Waals surface area contributed by atoms with Crippen LogP contribution in [0.1, 0.15) is 21.7 Å². The highest BCUT2D eigenvalue weighted by Gasteiger charge is 2.33. The van der Waals surface area contributed by atoms with Crippen LogP contribution in [-0.4, -0.2) is 13.1 Å². The van der Waals surface area contributed by atoms with Crippen molar-refractivity contribution in [2.45, 2.75) is 12.7 Å². The van der Waals surface area contributed by atoms with E-state index in [1.807, 2.05) is 0 Å². The van der Waals surface area contributed by atoms with E-state index in [9.17, 15) is 18.0 Å². The molecule has 0 amide bonds. The number of alkyl halides is 3. The third-order valence-electron chi connectivity index (χ3n) is 2.82. The van der Waals surface area contributed by atoms with Gasteiger partial charge in [0.1, 0.15) is 0 Å². The Kier molecular flexibility index (Phi) is 4.21. The molecule has 0 aliphatic carbocycles. The van der Waals surface area contributed by atoms with Crippen molar-refractivity contribution in [1.29, 1.82) is 0 Å². The molecule has 2 rings (SSSR count). The van der Waals surface area contributed by atoms with Crippen molar-refractivity contribution in [2.75, 3.05) is 12.4 Å². The molecule has 0 aliphatic heterocycles. The molecule has 0 fully saturated rings. The average Bonchev–Trinajstić information content (AvgIpc) is 2.92. The second-order valence-electron chi connectivity index (χ2n) is 4.16. The van der Waals surface area contributed by atoms with Gasteiger partial charge in [0.05, 0.1) is 18.9 Å². The van der Waals surface area contributed by atoms with Gasteiger partial charge < -0.3 is 14.5 Å². The lowest BCUT2D eigenvalue weighted by molar-refractivity contribution is -0.137. The number of esters is 1. The van der Waals surface area contributed by atoms with Crippen molar-refractivity contribution < 1.29 is 27.1 Å². The van der Waals surface area contributed by atoms with Gasteiger partial charge in [-0.05, 0) is 18.2 Å². The van der Waals surface area contributed by atoms with Crippen molar-refractivity contribution in [3.8, 4) is 0 Å². The first kappa shape index (κ1) is 15.0. The molecule has 1 aromatic carbocycles. The van der Waals surface area contributed by atoms with Crippen LogP contribution in [0.3, 0.4) is 0 Å². The summed E-state index contributed by atoms with van der Waals surface area (Å²) < 4.78 is 48.0. The quantitative estimate of drug-likeness (QED) is 0.875. The molecule has 112 valence electrons. The Morgan fingerprint density at radius 3 is 2.67 bits per heavy atom. The molecule has 1 aromatic heterocycles. The van der Waals surface area contributed by atoms with Gasteiger partial charge in [-0.25, -0.2) is 4.79 Å². The van der Waals surface area contributed by atoms with Crippen LogP contribution < -0.4 is 5.32 Å². The van der Waals surface area contributed by atoms with Gasteiger partial charge in [0.2, 0.25) is 5.76 Å². The molecule has 1 heterocycles. The minimum absolute atomic E-state index is 0.00796. The number of para-hydroxylation sites is 1. The zero-order valence-electron chi connectivity index (χ0n) is 11.0. The largest absolute Gasteiger partial charge is 0.463 e. The molecule has 0 bridgehead atoms. The Bertz CT molecular complexity index is 634. The molecular formula is C14H12F3NO3. The van der Waals surface area contributed by atoms with E-state index in [0.29, 0.717) is 5.56 Å². The van der Waals surface area contributed by atoms with E-state index in [0.717, 1.165) is 6.07 Å². The van der Waals surface area contributed by atoms with E-state index in [1.165, 1.54) is 37.6 Å². The Balaban J connectivity index is 2.18. The molecule has 2 aromatic rings. The summed E-state index contributed by atoms with van der Waals surface area (Å²) in [6.45, 7) is 0.00796. The maximum atomic E-state index is 12.8. The fourth-order valence-corrected chi connectivity index (χ4v) is 1.82. The first-order valence-corrected chi connectivity index (χ1v) is 5.98. The van der Waals surface area contributed by atoms with Gasteiger partial charge in [0, 0.05) is 17.8 Å². The minimum atomic E-state index is -4.45. The summed E-state index contributed by atoms with van der Waals surface area (Å²) in [5, 5.41) is 2.65. The molecule has 7 heteroatoms. The third-order valence-corrected chi connectivity index (χ3v) is 2.82. The monoisotopic (exact) mass is 299 g/mol. The van der Waals surface area contributed by atoms with Crippen molar-refractivity contribution in [3.63, 3.8) is 0 Å². The van der Waals surface area contributed by atoms with Crippen molar-refractivity contribution in [1.82, 2.24) is 0 Å². The number of halogens is 3. The van der Waals surface area contributed by atoms with Crippen LogP contribution >= 0.6 is 0 Å². The second-order valence-corrected chi connectivity index (χ2v) is 4.16. The zero-order valence-corrected chi connectivity index (χ0v) is 11.0. The number of furan rings is 1. The molecule has 0 saturated heterocycles. The minimum Gasteiger partial charge on any atom is -0.463 e. The number of nitrogens with one attached hydrogen (secondary N) is 1. The van der Waals surface area contributed by atoms with Crippen LogP contribution in [0.15, 0.2) is 41.0 Å². The Labute approximate surface area is 118 Å². The first-order chi connectivity index (χ1) is 9.93. The van der Waals surface area contributed by atoms with Gasteiger partial charge in [-0.3, -0.25) is 0 Å². The van der Waals surface area contributed by atoms with Gasteiger partial charge in [-0.1, -0.05) is 12.1 Å². The molecule has 0 atom stereocenters. The highest BCUT2D eigenvalue weighted by Crippen LogP contribution is 2.34. The average molecular weight is 299 g/mol. The molecule has 0 aliphatic rings. The summed E-state index contributed by atoms with van der Waals surface area (Å²) in [4.78, 5) is 11.4. The van der Waals surface area contributed by atoms with Crippen LogP contribution in [0.25, 0.3) is 0 Å². The lowest BCUT2D eigenvalue weighted by atomic mass is 10.1. The number of carbonyl (C=O) groups excluding carboxylic acids is 1. The SMILES string of the molecule is COC(=O)c1occc1CNc1ccccc1C(F)(F)F. The zero-order chi connectivity index (χ0) is 15.5. The number of benzene rings is 1. The molecule has 0 saturated carbocycles. The second kappa shape index (κ2) is 5.90. The van der Waals surface area contributed by atoms with E-state index in [1.54, 1.807) is 0 Å². The van der Waals surface area contributed by atoms with Crippen LogP contribution in [0.5, 0.6) is 0 Å². The number of hydrogen-bond donors (Lipinski definition) is 1. The van der Waals surface area contributed by atoms with Crippen LogP contribution in [0, 0.1) is 0 Å². The fraction of sp³-hybridized carbons (Fsp3) is 0.214. The lowest BCUT2D eigenvalue weighted by Gasteiger charge is -2.14. The normalized spacial score (nSPS) is 11.2. The van der Waals surface area contributed by atoms with Crippen LogP contribution in [0.2, 0.25) is 0 Å². The number of ether oxygens (including phenoxy) is 1. The number of methoxy groups -OCH3 is 1. The highest BCUT2D eigenvalue weighted by atomic mass is 19.4. The van der Waals surface area contributed by atoms with Crippen molar-refractivity contribution in [3.05, 3.63) is 53.5 Å². The third kappa shape index (κ3) is 3.36. The predicted molar refractivity (Wildman–Crippen MR) is 68.8 cm³/mol. The summed E-state index contributed by atoms with van der Waals surface area (Å²) in [5.74, 6) is -0.713. The Morgan fingerprint density at radius 1 is 1.29 bits per heavy atom. The topological polar surface area (TPSA) is 51.5 Å². The van der Waals surface area contributed by atoms with Gasteiger partial charge in [0.15, 0.2) is 0 Å². The van der Waals surface area contributed by atoms with Gasteiger partial charge in [-0.15, -0.1) is 0 Å². The Hall–Kier alpha value is -2.44. The maximum Gasteiger partial charge on any atom is 0.418 e. The summed E-state index contributed by atoms with van der Waals surface area (Å²) in [6, 6.07) is 6.61. The molecule has 0 radical (unpaired) electrons. The van der Waals surface area contributed by atoms with E-state index < -0.39 is 17.7 Å². The summed E-state index contributed by atoms with van der Waals surface area (Å²) >= 11 is 0. The van der Waals surface area contributed by atoms with Crippen LogP contribution in [0.4, 0.5) is 18.9 Å². The van der Waals surface area contributed by atoms with E-state index in [4.69, 9.17) is 4.42 Å². The number of anilines is 1. The van der Waals surface area contributed by atoms with E-state index in [2.05, 4.69) is 10.1 Å². The number of carbonyl (C=O) groups is 1. The molecule has 1 N–H and O–H groups in total. The van der Waals surface area contributed by atoms with Crippen molar-refractivity contribution in [2.24, 2.45) is 0 Å². The number of rotatable bonds is 4. The number of hydrogen-bond acceptors (Lipinski definition) is 4. The summed E-state index contributed by atoms with van der Waals surface area (Å²) in [6.07, 6.45) is -3.18. The maximum absolute atomic E-state index is 12.8. The Morgan fingerprint density at radius 2 is 2.00 bits per heavy atom. The van der Waals surface area contributed by atoms with Crippen LogP contribution in [-0.2, 0) is 17.5 Å².